The van der Waals surface area contributed by atoms with Crippen LogP contribution in [0.25, 0.3) is 6.08 Å². The van der Waals surface area contributed by atoms with E-state index in [0.717, 1.165) is 10.0 Å². The van der Waals surface area contributed by atoms with Gasteiger partial charge < -0.3 is 10.4 Å². The molecule has 1 aromatic rings. The predicted octanol–water partition coefficient (Wildman–Crippen LogP) is 2.07. The molecule has 0 aromatic carbocycles. The molecule has 0 aliphatic heterocycles. The first-order chi connectivity index (χ1) is 7.00. The standard InChI is InChI=1S/C9H8BrNO3S/c1-5(12)11-8(9(13)14)2-6-3-15-4-7(6)10/h2-4H,1H3,(H,11,12)(H,13,14)/b8-2+. The zero-order valence-corrected chi connectivity index (χ0v) is 10.2. The lowest BCUT2D eigenvalue weighted by Crippen LogP contribution is -2.24. The summed E-state index contributed by atoms with van der Waals surface area (Å²) in [6.07, 6.45) is 1.41. The van der Waals surface area contributed by atoms with Crippen molar-refractivity contribution in [2.75, 3.05) is 0 Å². The number of nitrogens with one attached hydrogen (secondary N) is 1. The number of hydrogen-bond acceptors (Lipinski definition) is 3. The van der Waals surface area contributed by atoms with E-state index in [1.54, 1.807) is 5.38 Å². The Hall–Kier alpha value is -1.14. The quantitative estimate of drug-likeness (QED) is 0.837. The maximum absolute atomic E-state index is 10.8. The van der Waals surface area contributed by atoms with Crippen LogP contribution in [0.2, 0.25) is 0 Å². The summed E-state index contributed by atoms with van der Waals surface area (Å²) in [5.74, 6) is -1.57. The summed E-state index contributed by atoms with van der Waals surface area (Å²) in [5, 5.41) is 14.7. The first-order valence-electron chi connectivity index (χ1n) is 3.95. The number of amides is 1. The highest BCUT2D eigenvalue weighted by Crippen LogP contribution is 2.23. The monoisotopic (exact) mass is 289 g/mol. The zero-order valence-electron chi connectivity index (χ0n) is 7.78. The van der Waals surface area contributed by atoms with Gasteiger partial charge in [-0.05, 0) is 27.4 Å². The van der Waals surface area contributed by atoms with E-state index in [-0.39, 0.29) is 5.70 Å². The molecule has 1 heterocycles. The number of aliphatic carboxylic acids is 1. The molecule has 1 amide bonds. The fraction of sp³-hybridized carbons (Fsp3) is 0.111. The van der Waals surface area contributed by atoms with Gasteiger partial charge in [-0.3, -0.25) is 4.79 Å². The van der Waals surface area contributed by atoms with Crippen molar-refractivity contribution in [3.63, 3.8) is 0 Å². The Morgan fingerprint density at radius 3 is 2.60 bits per heavy atom. The lowest BCUT2D eigenvalue weighted by molar-refractivity contribution is -0.134. The van der Waals surface area contributed by atoms with Crippen molar-refractivity contribution >= 4 is 45.2 Å². The molecule has 0 fully saturated rings. The molecule has 0 aliphatic carbocycles. The topological polar surface area (TPSA) is 66.4 Å². The number of carboxylic acid groups (broad SMARTS) is 1. The van der Waals surface area contributed by atoms with Crippen LogP contribution >= 0.6 is 27.3 Å². The molecule has 0 spiro atoms. The minimum absolute atomic E-state index is 0.137. The number of halogens is 1. The Morgan fingerprint density at radius 1 is 1.53 bits per heavy atom. The van der Waals surface area contributed by atoms with Crippen LogP contribution in [0.1, 0.15) is 12.5 Å². The molecule has 1 rings (SSSR count). The summed E-state index contributed by atoms with van der Waals surface area (Å²) in [6.45, 7) is 1.26. The summed E-state index contributed by atoms with van der Waals surface area (Å²) >= 11 is 4.71. The SMILES string of the molecule is CC(=O)N/C(=C/c1cscc1Br)C(=O)O. The summed E-state index contributed by atoms with van der Waals surface area (Å²) in [6, 6.07) is 0. The van der Waals surface area contributed by atoms with E-state index in [9.17, 15) is 9.59 Å². The van der Waals surface area contributed by atoms with Gasteiger partial charge in [0.25, 0.3) is 0 Å². The van der Waals surface area contributed by atoms with E-state index < -0.39 is 11.9 Å². The van der Waals surface area contributed by atoms with Gasteiger partial charge in [-0.15, -0.1) is 0 Å². The van der Waals surface area contributed by atoms with E-state index in [4.69, 9.17) is 5.11 Å². The molecule has 0 unspecified atom stereocenters. The van der Waals surface area contributed by atoms with Crippen molar-refractivity contribution in [1.82, 2.24) is 5.32 Å². The fourth-order valence-corrected chi connectivity index (χ4v) is 2.26. The molecule has 2 N–H and O–H groups in total. The molecule has 15 heavy (non-hydrogen) atoms. The predicted molar refractivity (Wildman–Crippen MR) is 61.4 cm³/mol. The smallest absolute Gasteiger partial charge is 0.352 e. The molecule has 80 valence electrons. The Morgan fingerprint density at radius 2 is 2.20 bits per heavy atom. The molecule has 0 atom stereocenters. The molecule has 0 radical (unpaired) electrons. The molecular weight excluding hydrogens is 282 g/mol. The van der Waals surface area contributed by atoms with Gasteiger partial charge >= 0.3 is 5.97 Å². The molecular formula is C9H8BrNO3S. The van der Waals surface area contributed by atoms with Crippen LogP contribution < -0.4 is 5.32 Å². The fourth-order valence-electron chi connectivity index (χ4n) is 0.891. The number of carbonyl (C=O) groups excluding carboxylic acids is 1. The van der Waals surface area contributed by atoms with Crippen LogP contribution in [0.4, 0.5) is 0 Å². The maximum Gasteiger partial charge on any atom is 0.352 e. The second-order valence-electron chi connectivity index (χ2n) is 2.72. The van der Waals surface area contributed by atoms with Crippen LogP contribution in [-0.2, 0) is 9.59 Å². The van der Waals surface area contributed by atoms with Gasteiger partial charge in [-0.2, -0.15) is 11.3 Å². The average molecular weight is 290 g/mol. The third-order valence-electron chi connectivity index (χ3n) is 1.48. The first kappa shape index (κ1) is 11.9. The summed E-state index contributed by atoms with van der Waals surface area (Å²) < 4.78 is 0.802. The Kier molecular flexibility index (Phi) is 4.05. The zero-order chi connectivity index (χ0) is 11.4. The van der Waals surface area contributed by atoms with Crippen LogP contribution in [-0.4, -0.2) is 17.0 Å². The number of carboxylic acids is 1. The third kappa shape index (κ3) is 3.49. The average Bonchev–Trinajstić information content (AvgIpc) is 2.50. The summed E-state index contributed by atoms with van der Waals surface area (Å²) in [4.78, 5) is 21.5. The lowest BCUT2D eigenvalue weighted by Gasteiger charge is -2.01. The van der Waals surface area contributed by atoms with E-state index >= 15 is 0 Å². The van der Waals surface area contributed by atoms with Gasteiger partial charge in [0.2, 0.25) is 5.91 Å². The van der Waals surface area contributed by atoms with E-state index in [1.165, 1.54) is 24.3 Å². The van der Waals surface area contributed by atoms with Gasteiger partial charge in [0.15, 0.2) is 0 Å². The van der Waals surface area contributed by atoms with E-state index in [2.05, 4.69) is 21.2 Å². The van der Waals surface area contributed by atoms with E-state index in [0.29, 0.717) is 0 Å². The summed E-state index contributed by atoms with van der Waals surface area (Å²) in [7, 11) is 0. The number of thiophene rings is 1. The molecule has 0 aliphatic rings. The summed E-state index contributed by atoms with van der Waals surface area (Å²) in [5.41, 5.74) is 0.591. The van der Waals surface area contributed by atoms with Gasteiger partial charge in [0.05, 0.1) is 0 Å². The Labute approximate surface area is 98.7 Å². The van der Waals surface area contributed by atoms with Crippen molar-refractivity contribution in [1.29, 1.82) is 0 Å². The van der Waals surface area contributed by atoms with Gasteiger partial charge in [-0.1, -0.05) is 0 Å². The second-order valence-corrected chi connectivity index (χ2v) is 4.32. The van der Waals surface area contributed by atoms with E-state index in [1.807, 2.05) is 5.38 Å². The highest BCUT2D eigenvalue weighted by Gasteiger charge is 2.10. The Bertz CT molecular complexity index is 425. The minimum Gasteiger partial charge on any atom is -0.477 e. The Balaban J connectivity index is 2.99. The van der Waals surface area contributed by atoms with Crippen LogP contribution in [0.3, 0.4) is 0 Å². The van der Waals surface area contributed by atoms with Crippen LogP contribution in [0.15, 0.2) is 20.9 Å². The van der Waals surface area contributed by atoms with Crippen LogP contribution in [0, 0.1) is 0 Å². The first-order valence-corrected chi connectivity index (χ1v) is 5.68. The van der Waals surface area contributed by atoms with Gasteiger partial charge in [0.1, 0.15) is 5.70 Å². The van der Waals surface area contributed by atoms with Crippen molar-refractivity contribution in [2.45, 2.75) is 6.92 Å². The number of carbonyl (C=O) groups is 2. The molecule has 0 saturated heterocycles. The van der Waals surface area contributed by atoms with Crippen LogP contribution in [0.5, 0.6) is 0 Å². The van der Waals surface area contributed by atoms with Gasteiger partial charge in [-0.25, -0.2) is 4.79 Å². The lowest BCUT2D eigenvalue weighted by atomic mass is 10.2. The van der Waals surface area contributed by atoms with Gasteiger partial charge in [0, 0.05) is 22.3 Å². The molecule has 4 nitrogen and oxygen atoms in total. The van der Waals surface area contributed by atoms with Crippen molar-refractivity contribution in [3.05, 3.63) is 26.5 Å². The maximum atomic E-state index is 10.8. The number of rotatable bonds is 3. The molecule has 0 saturated carbocycles. The third-order valence-corrected chi connectivity index (χ3v) is 3.23. The van der Waals surface area contributed by atoms with Crippen molar-refractivity contribution in [3.8, 4) is 0 Å². The minimum atomic E-state index is -1.16. The largest absolute Gasteiger partial charge is 0.477 e. The second kappa shape index (κ2) is 5.09. The highest BCUT2D eigenvalue weighted by atomic mass is 79.9. The normalized spacial score (nSPS) is 11.2. The molecule has 0 bridgehead atoms. The molecule has 1 aromatic heterocycles. The van der Waals surface area contributed by atoms with Crippen molar-refractivity contribution in [2.24, 2.45) is 0 Å². The highest BCUT2D eigenvalue weighted by molar-refractivity contribution is 9.10. The molecule has 6 heteroatoms. The number of hydrogen-bond donors (Lipinski definition) is 2. The van der Waals surface area contributed by atoms with Crippen molar-refractivity contribution < 1.29 is 14.7 Å².